The molecular weight excluding hydrogens is 242 g/mol. The number of ether oxygens (including phenoxy) is 2. The van der Waals surface area contributed by atoms with Gasteiger partial charge in [-0.15, -0.1) is 11.3 Å². The van der Waals surface area contributed by atoms with Crippen molar-refractivity contribution >= 4 is 29.0 Å². The summed E-state index contributed by atoms with van der Waals surface area (Å²) in [6.45, 7) is 5.22. The number of rotatable bonds is 2. The van der Waals surface area contributed by atoms with Gasteiger partial charge in [0.2, 0.25) is 0 Å². The summed E-state index contributed by atoms with van der Waals surface area (Å²) < 4.78 is 9.76. The standard InChI is InChI=1S/C11H15NO4S/c1-11(2,3)16-9(13)7-6(12)5-17-8(7)10(14)15-4/h5H,12H2,1-4H3. The minimum absolute atomic E-state index is 0.0803. The van der Waals surface area contributed by atoms with Crippen LogP contribution in [0.4, 0.5) is 5.69 Å². The fraction of sp³-hybridized carbons (Fsp3) is 0.455. The van der Waals surface area contributed by atoms with Crippen molar-refractivity contribution in [1.82, 2.24) is 0 Å². The number of carbonyl (C=O) groups is 2. The number of methoxy groups -OCH3 is 1. The lowest BCUT2D eigenvalue weighted by Gasteiger charge is -2.19. The highest BCUT2D eigenvalue weighted by Gasteiger charge is 2.27. The molecule has 0 unspecified atom stereocenters. The van der Waals surface area contributed by atoms with Gasteiger partial charge >= 0.3 is 11.9 Å². The van der Waals surface area contributed by atoms with Crippen LogP contribution in [0.5, 0.6) is 0 Å². The third kappa shape index (κ3) is 3.20. The molecule has 1 aromatic heterocycles. The van der Waals surface area contributed by atoms with E-state index >= 15 is 0 Å². The summed E-state index contributed by atoms with van der Waals surface area (Å²) in [4.78, 5) is 23.5. The minimum atomic E-state index is -0.640. The summed E-state index contributed by atoms with van der Waals surface area (Å²) in [5, 5.41) is 1.52. The molecule has 0 fully saturated rings. The maximum absolute atomic E-state index is 11.9. The number of anilines is 1. The lowest BCUT2D eigenvalue weighted by atomic mass is 10.1. The summed E-state index contributed by atoms with van der Waals surface area (Å²) in [5.41, 5.74) is 5.32. The summed E-state index contributed by atoms with van der Waals surface area (Å²) >= 11 is 1.06. The lowest BCUT2D eigenvalue weighted by Crippen LogP contribution is -2.25. The van der Waals surface area contributed by atoms with Crippen LogP contribution in [-0.2, 0) is 9.47 Å². The van der Waals surface area contributed by atoms with Crippen LogP contribution in [0.2, 0.25) is 0 Å². The van der Waals surface area contributed by atoms with Gasteiger partial charge in [-0.25, -0.2) is 9.59 Å². The molecule has 1 rings (SSSR count). The fourth-order valence-electron chi connectivity index (χ4n) is 1.15. The number of hydrogen-bond donors (Lipinski definition) is 1. The van der Waals surface area contributed by atoms with Gasteiger partial charge in [-0.05, 0) is 20.8 Å². The molecule has 0 aliphatic carbocycles. The predicted molar refractivity (Wildman–Crippen MR) is 65.2 cm³/mol. The Hall–Kier alpha value is -1.56. The number of nitrogens with two attached hydrogens (primary N) is 1. The lowest BCUT2D eigenvalue weighted by molar-refractivity contribution is 0.00675. The number of esters is 2. The Morgan fingerprint density at radius 1 is 1.29 bits per heavy atom. The van der Waals surface area contributed by atoms with Gasteiger partial charge in [-0.1, -0.05) is 0 Å². The van der Waals surface area contributed by atoms with Crippen LogP contribution in [0.1, 0.15) is 40.8 Å². The van der Waals surface area contributed by atoms with E-state index in [2.05, 4.69) is 4.74 Å². The van der Waals surface area contributed by atoms with E-state index < -0.39 is 17.5 Å². The summed E-state index contributed by atoms with van der Waals surface area (Å²) in [7, 11) is 1.25. The van der Waals surface area contributed by atoms with Crippen molar-refractivity contribution in [3.63, 3.8) is 0 Å². The van der Waals surface area contributed by atoms with Crippen LogP contribution >= 0.6 is 11.3 Å². The molecule has 0 amide bonds. The van der Waals surface area contributed by atoms with Crippen molar-refractivity contribution in [2.45, 2.75) is 26.4 Å². The molecule has 94 valence electrons. The van der Waals surface area contributed by atoms with E-state index in [0.717, 1.165) is 11.3 Å². The van der Waals surface area contributed by atoms with Crippen molar-refractivity contribution in [3.05, 3.63) is 15.8 Å². The Balaban J connectivity index is 3.09. The Labute approximate surface area is 104 Å². The maximum Gasteiger partial charge on any atom is 0.349 e. The molecule has 1 aromatic rings. The third-order valence-electron chi connectivity index (χ3n) is 1.79. The van der Waals surface area contributed by atoms with Gasteiger partial charge in [0.15, 0.2) is 0 Å². The van der Waals surface area contributed by atoms with Crippen molar-refractivity contribution in [2.24, 2.45) is 0 Å². The second-order valence-electron chi connectivity index (χ2n) is 4.39. The monoisotopic (exact) mass is 257 g/mol. The highest BCUT2D eigenvalue weighted by atomic mass is 32.1. The van der Waals surface area contributed by atoms with E-state index in [9.17, 15) is 9.59 Å². The first kappa shape index (κ1) is 13.5. The molecule has 2 N–H and O–H groups in total. The smallest absolute Gasteiger partial charge is 0.349 e. The van der Waals surface area contributed by atoms with Gasteiger partial charge in [0.05, 0.1) is 12.8 Å². The molecule has 0 saturated heterocycles. The molecule has 1 heterocycles. The average molecular weight is 257 g/mol. The van der Waals surface area contributed by atoms with Gasteiger partial charge in [-0.2, -0.15) is 0 Å². The first-order valence-electron chi connectivity index (χ1n) is 4.95. The zero-order chi connectivity index (χ0) is 13.2. The molecular formula is C11H15NO4S. The van der Waals surface area contributed by atoms with Crippen LogP contribution in [0, 0.1) is 0 Å². The molecule has 0 aliphatic rings. The average Bonchev–Trinajstić information content (AvgIpc) is 2.56. The van der Waals surface area contributed by atoms with Crippen molar-refractivity contribution < 1.29 is 19.1 Å². The highest BCUT2D eigenvalue weighted by molar-refractivity contribution is 7.13. The molecule has 0 radical (unpaired) electrons. The third-order valence-corrected chi connectivity index (χ3v) is 2.77. The van der Waals surface area contributed by atoms with Gasteiger partial charge in [0.25, 0.3) is 0 Å². The number of hydrogen-bond acceptors (Lipinski definition) is 6. The molecule has 0 aromatic carbocycles. The summed E-state index contributed by atoms with van der Waals surface area (Å²) in [6.07, 6.45) is 0. The van der Waals surface area contributed by atoms with Gasteiger partial charge in [0.1, 0.15) is 16.0 Å². The summed E-state index contributed by atoms with van der Waals surface area (Å²) in [5.74, 6) is -1.20. The van der Waals surface area contributed by atoms with Gasteiger partial charge in [0, 0.05) is 5.38 Å². The van der Waals surface area contributed by atoms with Crippen LogP contribution in [0.3, 0.4) is 0 Å². The normalized spacial score (nSPS) is 11.1. The van der Waals surface area contributed by atoms with Gasteiger partial charge < -0.3 is 15.2 Å². The molecule has 0 spiro atoms. The second kappa shape index (κ2) is 4.75. The molecule has 5 nitrogen and oxygen atoms in total. The van der Waals surface area contributed by atoms with E-state index in [1.807, 2.05) is 0 Å². The van der Waals surface area contributed by atoms with E-state index in [1.165, 1.54) is 12.5 Å². The van der Waals surface area contributed by atoms with Crippen LogP contribution in [-0.4, -0.2) is 24.6 Å². The molecule has 17 heavy (non-hydrogen) atoms. The fourth-order valence-corrected chi connectivity index (χ4v) is 2.02. The number of carbonyl (C=O) groups excluding carboxylic acids is 2. The quantitative estimate of drug-likeness (QED) is 0.820. The van der Waals surface area contributed by atoms with E-state index in [-0.39, 0.29) is 16.1 Å². The molecule has 6 heteroatoms. The summed E-state index contributed by atoms with van der Waals surface area (Å²) in [6, 6.07) is 0. The SMILES string of the molecule is COC(=O)c1scc(N)c1C(=O)OC(C)(C)C. The predicted octanol–water partition coefficient (Wildman–Crippen LogP) is 2.07. The molecule has 0 saturated carbocycles. The Kier molecular flexibility index (Phi) is 3.77. The molecule has 0 aliphatic heterocycles. The topological polar surface area (TPSA) is 78.6 Å². The number of nitrogen functional groups attached to an aromatic ring is 1. The first-order valence-corrected chi connectivity index (χ1v) is 5.83. The Morgan fingerprint density at radius 2 is 1.88 bits per heavy atom. The maximum atomic E-state index is 11.9. The van der Waals surface area contributed by atoms with Crippen LogP contribution in [0.25, 0.3) is 0 Å². The largest absolute Gasteiger partial charge is 0.465 e. The van der Waals surface area contributed by atoms with E-state index in [0.29, 0.717) is 0 Å². The zero-order valence-corrected chi connectivity index (χ0v) is 11.0. The van der Waals surface area contributed by atoms with E-state index in [4.69, 9.17) is 10.5 Å². The van der Waals surface area contributed by atoms with E-state index in [1.54, 1.807) is 20.8 Å². The molecule has 0 atom stereocenters. The second-order valence-corrected chi connectivity index (χ2v) is 5.27. The van der Waals surface area contributed by atoms with Crippen LogP contribution in [0.15, 0.2) is 5.38 Å². The Bertz CT molecular complexity index is 445. The van der Waals surface area contributed by atoms with Crippen molar-refractivity contribution in [3.8, 4) is 0 Å². The van der Waals surface area contributed by atoms with Crippen molar-refractivity contribution in [2.75, 3.05) is 12.8 Å². The Morgan fingerprint density at radius 3 is 2.35 bits per heavy atom. The van der Waals surface area contributed by atoms with Crippen molar-refractivity contribution in [1.29, 1.82) is 0 Å². The van der Waals surface area contributed by atoms with Crippen LogP contribution < -0.4 is 5.73 Å². The highest BCUT2D eigenvalue weighted by Crippen LogP contribution is 2.27. The number of thiophene rings is 1. The van der Waals surface area contributed by atoms with Gasteiger partial charge in [-0.3, -0.25) is 0 Å². The minimum Gasteiger partial charge on any atom is -0.465 e. The molecule has 0 bridgehead atoms. The first-order chi connectivity index (χ1) is 7.76. The zero-order valence-electron chi connectivity index (χ0n) is 10.2.